The number of nitrogens with zero attached hydrogens (tertiary/aromatic N) is 6. The first-order chi connectivity index (χ1) is 16.7. The molecule has 3 aliphatic heterocycles. The Balaban J connectivity index is 1.17. The van der Waals surface area contributed by atoms with Crippen molar-refractivity contribution in [3.8, 4) is 6.07 Å². The van der Waals surface area contributed by atoms with Crippen LogP contribution in [0.3, 0.4) is 0 Å². The van der Waals surface area contributed by atoms with Crippen molar-refractivity contribution >= 4 is 28.4 Å². The number of nitriles is 1. The maximum absolute atomic E-state index is 8.84. The lowest BCUT2D eigenvalue weighted by Crippen LogP contribution is -2.64. The second kappa shape index (κ2) is 8.85. The Bertz CT molecular complexity index is 1190. The molecule has 0 aliphatic carbocycles. The fourth-order valence-corrected chi connectivity index (χ4v) is 6.11. The van der Waals surface area contributed by atoms with Crippen LogP contribution in [0.25, 0.3) is 10.9 Å². The number of pyridine rings is 2. The molecule has 9 heteroatoms. The number of rotatable bonds is 7. The summed E-state index contributed by atoms with van der Waals surface area (Å²) in [7, 11) is 0. The summed E-state index contributed by atoms with van der Waals surface area (Å²) in [5.74, 6) is 2.39. The van der Waals surface area contributed by atoms with Crippen LogP contribution in [-0.4, -0.2) is 73.8 Å². The molecule has 0 saturated carbocycles. The molecule has 0 spiro atoms. The third kappa shape index (κ3) is 4.08. The maximum Gasteiger partial charge on any atom is 0.153 e. The molecule has 0 amide bonds. The van der Waals surface area contributed by atoms with E-state index in [-0.39, 0.29) is 0 Å². The van der Waals surface area contributed by atoms with Gasteiger partial charge in [0.2, 0.25) is 0 Å². The summed E-state index contributed by atoms with van der Waals surface area (Å²) in [6, 6.07) is 12.6. The van der Waals surface area contributed by atoms with E-state index < -0.39 is 0 Å². The minimum absolute atomic E-state index is 0.405. The van der Waals surface area contributed by atoms with E-state index in [1.807, 2.05) is 31.3 Å². The van der Waals surface area contributed by atoms with Crippen molar-refractivity contribution in [1.29, 1.82) is 5.26 Å². The Morgan fingerprint density at radius 3 is 2.71 bits per heavy atom. The van der Waals surface area contributed by atoms with Gasteiger partial charge in [0.15, 0.2) is 5.82 Å². The molecule has 2 bridgehead atoms. The molecule has 6 rings (SSSR count). The molecule has 6 heterocycles. The quantitative estimate of drug-likeness (QED) is 0.495. The van der Waals surface area contributed by atoms with Crippen LogP contribution < -0.4 is 10.6 Å². The van der Waals surface area contributed by atoms with Gasteiger partial charge in [-0.15, -0.1) is 0 Å². The lowest BCUT2D eigenvalue weighted by atomic mass is 9.93. The van der Waals surface area contributed by atoms with Crippen molar-refractivity contribution in [2.45, 2.75) is 63.2 Å². The van der Waals surface area contributed by atoms with Gasteiger partial charge in [0.05, 0.1) is 11.6 Å². The van der Waals surface area contributed by atoms with E-state index in [1.54, 1.807) is 0 Å². The van der Waals surface area contributed by atoms with Crippen LogP contribution in [0.5, 0.6) is 0 Å². The lowest BCUT2D eigenvalue weighted by molar-refractivity contribution is -0.0136. The summed E-state index contributed by atoms with van der Waals surface area (Å²) in [5.41, 5.74) is 1.92. The molecule has 9 nitrogen and oxygen atoms in total. The summed E-state index contributed by atoms with van der Waals surface area (Å²) in [4.78, 5) is 14.7. The lowest BCUT2D eigenvalue weighted by Gasteiger charge is -2.51. The van der Waals surface area contributed by atoms with Gasteiger partial charge in [-0.25, -0.2) is 4.98 Å². The van der Waals surface area contributed by atoms with Crippen LogP contribution in [0, 0.1) is 18.3 Å². The molecule has 3 aromatic rings. The molecule has 0 aromatic carbocycles. The first kappa shape index (κ1) is 21.3. The van der Waals surface area contributed by atoms with E-state index in [9.17, 15) is 0 Å². The molecular weight excluding hydrogens is 426 g/mol. The Labute approximate surface area is 199 Å². The number of aryl methyl sites for hydroxylation is 1. The average Bonchev–Trinajstić information content (AvgIpc) is 3.32. The van der Waals surface area contributed by atoms with Gasteiger partial charge in [-0.3, -0.25) is 19.9 Å². The molecule has 176 valence electrons. The molecule has 3 saturated heterocycles. The van der Waals surface area contributed by atoms with Gasteiger partial charge < -0.3 is 10.6 Å². The molecule has 2 unspecified atom stereocenters. The number of aromatic nitrogens is 4. The molecule has 3 N–H and O–H groups in total. The second-order valence-corrected chi connectivity index (χ2v) is 9.95. The van der Waals surface area contributed by atoms with Crippen LogP contribution in [0.15, 0.2) is 30.5 Å². The normalized spacial score (nSPS) is 25.2. The zero-order chi connectivity index (χ0) is 23.1. The molecular formula is C25H31N9. The number of hydrogen-bond acceptors (Lipinski definition) is 8. The highest BCUT2D eigenvalue weighted by Crippen LogP contribution is 2.40. The summed E-state index contributed by atoms with van der Waals surface area (Å²) in [6.45, 7) is 5.13. The van der Waals surface area contributed by atoms with Crippen molar-refractivity contribution in [2.24, 2.45) is 0 Å². The Morgan fingerprint density at radius 2 is 1.97 bits per heavy atom. The highest BCUT2D eigenvalue weighted by molar-refractivity contribution is 5.91. The number of nitrogens with one attached hydrogen (secondary N) is 3. The SMILES string of the molecule is Cc1cc(Nc2cc3ncccc3c(NC3CC4CCC(C3)N4C3CN(CCC#N)C3)n2)n[nH]1. The number of H-pyrrole nitrogens is 1. The molecule has 3 aromatic heterocycles. The van der Waals surface area contributed by atoms with Gasteiger partial charge >= 0.3 is 0 Å². The third-order valence-electron chi connectivity index (χ3n) is 7.59. The van der Waals surface area contributed by atoms with Crippen molar-refractivity contribution in [1.82, 2.24) is 30.0 Å². The first-order valence-corrected chi connectivity index (χ1v) is 12.3. The van der Waals surface area contributed by atoms with E-state index in [2.05, 4.69) is 47.8 Å². The Hall–Kier alpha value is -3.22. The number of piperidine rings is 1. The van der Waals surface area contributed by atoms with E-state index in [0.29, 0.717) is 30.6 Å². The summed E-state index contributed by atoms with van der Waals surface area (Å²) >= 11 is 0. The second-order valence-electron chi connectivity index (χ2n) is 9.95. The topological polar surface area (TPSA) is 109 Å². The first-order valence-electron chi connectivity index (χ1n) is 12.3. The van der Waals surface area contributed by atoms with Crippen LogP contribution >= 0.6 is 0 Å². The smallest absolute Gasteiger partial charge is 0.153 e. The van der Waals surface area contributed by atoms with E-state index >= 15 is 0 Å². The summed E-state index contributed by atoms with van der Waals surface area (Å²) in [6.07, 6.45) is 7.32. The fraction of sp³-hybridized carbons (Fsp3) is 0.520. The van der Waals surface area contributed by atoms with Crippen LogP contribution in [0.1, 0.15) is 37.8 Å². The van der Waals surface area contributed by atoms with E-state index in [0.717, 1.165) is 66.5 Å². The third-order valence-corrected chi connectivity index (χ3v) is 7.59. The number of hydrogen-bond donors (Lipinski definition) is 3. The maximum atomic E-state index is 8.84. The highest BCUT2D eigenvalue weighted by Gasteiger charge is 2.46. The molecule has 3 fully saturated rings. The molecule has 3 aliphatic rings. The van der Waals surface area contributed by atoms with E-state index in [1.165, 1.54) is 12.8 Å². The van der Waals surface area contributed by atoms with Crippen molar-refractivity contribution in [3.63, 3.8) is 0 Å². The van der Waals surface area contributed by atoms with Crippen molar-refractivity contribution < 1.29 is 0 Å². The monoisotopic (exact) mass is 457 g/mol. The minimum Gasteiger partial charge on any atom is -0.367 e. The number of fused-ring (bicyclic) bond motifs is 3. The minimum atomic E-state index is 0.405. The standard InChI is InChI=1S/C25H31N9/c1-16-10-24(32-31-16)29-23-13-22-21(4-2-8-27-22)25(30-23)28-17-11-18-5-6-19(12-17)34(18)20-14-33(15-20)9-3-7-26/h2,4,8,10,13,17-20H,3,5-6,9,11-12,14-15H2,1H3,(H3,28,29,30,31,32). The van der Waals surface area contributed by atoms with Gasteiger partial charge in [0.1, 0.15) is 11.6 Å². The highest BCUT2D eigenvalue weighted by atomic mass is 15.4. The Kier molecular flexibility index (Phi) is 5.55. The summed E-state index contributed by atoms with van der Waals surface area (Å²) < 4.78 is 0. The van der Waals surface area contributed by atoms with Crippen molar-refractivity contribution in [2.75, 3.05) is 30.3 Å². The zero-order valence-corrected chi connectivity index (χ0v) is 19.5. The van der Waals surface area contributed by atoms with Gasteiger partial charge in [-0.1, -0.05) is 0 Å². The Morgan fingerprint density at radius 1 is 1.15 bits per heavy atom. The predicted molar refractivity (Wildman–Crippen MR) is 132 cm³/mol. The number of aromatic amines is 1. The fourth-order valence-electron chi connectivity index (χ4n) is 6.11. The van der Waals surface area contributed by atoms with Gasteiger partial charge in [-0.2, -0.15) is 10.4 Å². The molecule has 0 radical (unpaired) electrons. The van der Waals surface area contributed by atoms with E-state index in [4.69, 9.17) is 10.2 Å². The van der Waals surface area contributed by atoms with Crippen LogP contribution in [0.2, 0.25) is 0 Å². The molecule has 2 atom stereocenters. The van der Waals surface area contributed by atoms with Gasteiger partial charge in [0.25, 0.3) is 0 Å². The van der Waals surface area contributed by atoms with Crippen molar-refractivity contribution in [3.05, 3.63) is 36.2 Å². The molecule has 34 heavy (non-hydrogen) atoms. The van der Waals surface area contributed by atoms with Crippen LogP contribution in [0.4, 0.5) is 17.5 Å². The number of anilines is 3. The van der Waals surface area contributed by atoms with Gasteiger partial charge in [0, 0.05) is 79.6 Å². The summed E-state index contributed by atoms with van der Waals surface area (Å²) in [5, 5.41) is 24.2. The number of likely N-dealkylation sites (tertiary alicyclic amines) is 1. The van der Waals surface area contributed by atoms with Gasteiger partial charge in [-0.05, 0) is 44.7 Å². The predicted octanol–water partition coefficient (Wildman–Crippen LogP) is 3.41. The van der Waals surface area contributed by atoms with Crippen LogP contribution in [-0.2, 0) is 0 Å². The largest absolute Gasteiger partial charge is 0.367 e. The average molecular weight is 458 g/mol. The zero-order valence-electron chi connectivity index (χ0n) is 19.5.